The molecule has 2 aliphatic carbocycles. The number of aliphatic carboxylic acids is 1. The van der Waals surface area contributed by atoms with Gasteiger partial charge in [0.25, 0.3) is 0 Å². The van der Waals surface area contributed by atoms with E-state index in [0.29, 0.717) is 12.5 Å². The van der Waals surface area contributed by atoms with Crippen LogP contribution in [0, 0.1) is 0 Å². The number of carboxylic acids is 1. The summed E-state index contributed by atoms with van der Waals surface area (Å²) in [6.07, 6.45) is 7.13. The van der Waals surface area contributed by atoms with E-state index in [1.54, 1.807) is 16.4 Å². The fraction of sp³-hybridized carbons (Fsp3) is 0.769. The number of hydrogen-bond acceptors (Lipinski definition) is 5. The van der Waals surface area contributed by atoms with Crippen molar-refractivity contribution in [1.29, 1.82) is 0 Å². The standard InChI is InChI=1S/C13H20N4O2S/c1-17-12(14-8-15-17)20-10-3-2-6-13(7-10,11(18)19)16-9-4-5-9/h8-10,16H,2-7H2,1H3,(H,18,19). The van der Waals surface area contributed by atoms with Gasteiger partial charge in [-0.25, -0.2) is 9.67 Å². The number of rotatable bonds is 5. The second-order valence-corrected chi connectivity index (χ2v) is 7.08. The van der Waals surface area contributed by atoms with Gasteiger partial charge in [-0.3, -0.25) is 10.1 Å². The molecule has 0 aromatic carbocycles. The van der Waals surface area contributed by atoms with Gasteiger partial charge in [-0.05, 0) is 38.5 Å². The van der Waals surface area contributed by atoms with E-state index in [0.717, 1.165) is 37.3 Å². The predicted octanol–water partition coefficient (Wildman–Crippen LogP) is 1.43. The first-order valence-electron chi connectivity index (χ1n) is 7.11. The molecule has 20 heavy (non-hydrogen) atoms. The van der Waals surface area contributed by atoms with E-state index in [1.165, 1.54) is 6.33 Å². The minimum absolute atomic E-state index is 0.286. The van der Waals surface area contributed by atoms with Crippen molar-refractivity contribution in [2.45, 2.75) is 60.5 Å². The van der Waals surface area contributed by atoms with Gasteiger partial charge in [0.05, 0.1) is 0 Å². The van der Waals surface area contributed by atoms with Crippen LogP contribution in [0.15, 0.2) is 11.5 Å². The number of carbonyl (C=O) groups is 1. The zero-order chi connectivity index (χ0) is 14.2. The number of nitrogens with one attached hydrogen (secondary N) is 1. The molecule has 7 heteroatoms. The molecule has 2 atom stereocenters. The van der Waals surface area contributed by atoms with Gasteiger partial charge in [-0.2, -0.15) is 5.10 Å². The predicted molar refractivity (Wildman–Crippen MR) is 75.6 cm³/mol. The smallest absolute Gasteiger partial charge is 0.323 e. The second kappa shape index (κ2) is 5.37. The number of thioether (sulfide) groups is 1. The van der Waals surface area contributed by atoms with Crippen molar-refractivity contribution in [3.05, 3.63) is 6.33 Å². The summed E-state index contributed by atoms with van der Waals surface area (Å²) in [6, 6.07) is 0.407. The largest absolute Gasteiger partial charge is 0.480 e. The summed E-state index contributed by atoms with van der Waals surface area (Å²) < 4.78 is 1.75. The molecular weight excluding hydrogens is 276 g/mol. The lowest BCUT2D eigenvalue weighted by atomic mass is 9.81. The molecule has 0 saturated heterocycles. The first-order valence-corrected chi connectivity index (χ1v) is 7.99. The molecule has 2 aliphatic rings. The third kappa shape index (κ3) is 2.83. The van der Waals surface area contributed by atoms with E-state index in [1.807, 2.05) is 7.05 Å². The van der Waals surface area contributed by atoms with E-state index in [9.17, 15) is 9.90 Å². The Kier molecular flexibility index (Phi) is 3.72. The average molecular weight is 296 g/mol. The Bertz CT molecular complexity index is 502. The SMILES string of the molecule is Cn1ncnc1SC1CCCC(NC2CC2)(C(=O)O)C1. The summed E-state index contributed by atoms with van der Waals surface area (Å²) in [5.41, 5.74) is -0.740. The molecule has 1 aromatic rings. The van der Waals surface area contributed by atoms with E-state index < -0.39 is 11.5 Å². The van der Waals surface area contributed by atoms with E-state index >= 15 is 0 Å². The van der Waals surface area contributed by atoms with Gasteiger partial charge < -0.3 is 5.11 Å². The van der Waals surface area contributed by atoms with Crippen LogP contribution < -0.4 is 5.32 Å². The van der Waals surface area contributed by atoms with Crippen LogP contribution in [0.25, 0.3) is 0 Å². The Labute approximate surface area is 122 Å². The van der Waals surface area contributed by atoms with Crippen molar-refractivity contribution in [1.82, 2.24) is 20.1 Å². The first kappa shape index (κ1) is 13.9. The highest BCUT2D eigenvalue weighted by Gasteiger charge is 2.46. The molecule has 0 aliphatic heterocycles. The number of aryl methyl sites for hydroxylation is 1. The Morgan fingerprint density at radius 3 is 2.95 bits per heavy atom. The third-order valence-corrected chi connectivity index (χ3v) is 5.43. The van der Waals surface area contributed by atoms with Gasteiger partial charge in [-0.15, -0.1) is 0 Å². The highest BCUT2D eigenvalue weighted by molar-refractivity contribution is 7.99. The zero-order valence-electron chi connectivity index (χ0n) is 11.6. The van der Waals surface area contributed by atoms with Crippen LogP contribution >= 0.6 is 11.8 Å². The van der Waals surface area contributed by atoms with Crippen LogP contribution in [0.3, 0.4) is 0 Å². The molecule has 1 heterocycles. The monoisotopic (exact) mass is 296 g/mol. The number of carboxylic acid groups (broad SMARTS) is 1. The normalized spacial score (nSPS) is 30.4. The molecule has 2 N–H and O–H groups in total. The average Bonchev–Trinajstić information content (AvgIpc) is 3.13. The van der Waals surface area contributed by atoms with E-state index in [4.69, 9.17) is 0 Å². The minimum Gasteiger partial charge on any atom is -0.480 e. The van der Waals surface area contributed by atoms with Crippen molar-refractivity contribution in [2.75, 3.05) is 0 Å². The Hall–Kier alpha value is -1.08. The highest BCUT2D eigenvalue weighted by atomic mass is 32.2. The van der Waals surface area contributed by atoms with E-state index in [2.05, 4.69) is 15.4 Å². The van der Waals surface area contributed by atoms with Crippen LogP contribution in [0.4, 0.5) is 0 Å². The molecule has 0 radical (unpaired) electrons. The Balaban J connectivity index is 1.70. The lowest BCUT2D eigenvalue weighted by Gasteiger charge is -2.38. The van der Waals surface area contributed by atoms with Gasteiger partial charge in [0, 0.05) is 18.3 Å². The van der Waals surface area contributed by atoms with Crippen molar-refractivity contribution in [2.24, 2.45) is 7.05 Å². The fourth-order valence-electron chi connectivity index (χ4n) is 2.87. The fourth-order valence-corrected chi connectivity index (χ4v) is 4.13. The number of aromatic nitrogens is 3. The zero-order valence-corrected chi connectivity index (χ0v) is 12.4. The lowest BCUT2D eigenvalue weighted by Crippen LogP contribution is -2.56. The quantitative estimate of drug-likeness (QED) is 0.855. The second-order valence-electron chi connectivity index (χ2n) is 5.81. The molecule has 0 bridgehead atoms. The molecule has 1 aromatic heterocycles. The van der Waals surface area contributed by atoms with Crippen LogP contribution in [0.5, 0.6) is 0 Å². The van der Waals surface area contributed by atoms with Crippen LogP contribution in [0.2, 0.25) is 0 Å². The summed E-state index contributed by atoms with van der Waals surface area (Å²) in [5, 5.41) is 18.2. The molecule has 0 amide bonds. The molecule has 2 fully saturated rings. The lowest BCUT2D eigenvalue weighted by molar-refractivity contribution is -0.146. The number of hydrogen-bond donors (Lipinski definition) is 2. The molecule has 6 nitrogen and oxygen atoms in total. The van der Waals surface area contributed by atoms with Crippen molar-refractivity contribution in [3.63, 3.8) is 0 Å². The molecule has 3 rings (SSSR count). The third-order valence-electron chi connectivity index (χ3n) is 4.11. The van der Waals surface area contributed by atoms with Gasteiger partial charge in [0.1, 0.15) is 11.9 Å². The van der Waals surface area contributed by atoms with Gasteiger partial charge in [-0.1, -0.05) is 11.8 Å². The number of nitrogens with zero attached hydrogens (tertiary/aromatic N) is 3. The van der Waals surface area contributed by atoms with Crippen LogP contribution in [-0.4, -0.2) is 42.7 Å². The molecule has 2 unspecified atom stereocenters. The summed E-state index contributed by atoms with van der Waals surface area (Å²) in [5.74, 6) is -0.701. The molecular formula is C13H20N4O2S. The topological polar surface area (TPSA) is 80.0 Å². The van der Waals surface area contributed by atoms with Crippen LogP contribution in [-0.2, 0) is 11.8 Å². The van der Waals surface area contributed by atoms with E-state index in [-0.39, 0.29) is 5.25 Å². The summed E-state index contributed by atoms with van der Waals surface area (Å²) in [6.45, 7) is 0. The maximum absolute atomic E-state index is 11.7. The maximum atomic E-state index is 11.7. The Morgan fingerprint density at radius 2 is 2.35 bits per heavy atom. The summed E-state index contributed by atoms with van der Waals surface area (Å²) in [7, 11) is 1.87. The molecule has 0 spiro atoms. The van der Waals surface area contributed by atoms with Crippen molar-refractivity contribution in [3.8, 4) is 0 Å². The van der Waals surface area contributed by atoms with Gasteiger partial charge in [0.15, 0.2) is 5.16 Å². The maximum Gasteiger partial charge on any atom is 0.323 e. The van der Waals surface area contributed by atoms with Gasteiger partial charge in [0.2, 0.25) is 0 Å². The summed E-state index contributed by atoms with van der Waals surface area (Å²) >= 11 is 1.65. The minimum atomic E-state index is -0.740. The van der Waals surface area contributed by atoms with Crippen LogP contribution in [0.1, 0.15) is 38.5 Å². The first-order chi connectivity index (χ1) is 9.59. The van der Waals surface area contributed by atoms with Crippen molar-refractivity contribution < 1.29 is 9.90 Å². The Morgan fingerprint density at radius 1 is 1.55 bits per heavy atom. The molecule has 110 valence electrons. The summed E-state index contributed by atoms with van der Waals surface area (Å²) in [4.78, 5) is 16.0. The van der Waals surface area contributed by atoms with Crippen molar-refractivity contribution >= 4 is 17.7 Å². The molecule has 2 saturated carbocycles. The van der Waals surface area contributed by atoms with Gasteiger partial charge >= 0.3 is 5.97 Å². The highest BCUT2D eigenvalue weighted by Crippen LogP contribution is 2.39.